The van der Waals surface area contributed by atoms with E-state index in [2.05, 4.69) is 63.2 Å². The van der Waals surface area contributed by atoms with Crippen LogP contribution in [0, 0.1) is 0 Å². The first-order valence-electron chi connectivity index (χ1n) is 8.53. The third kappa shape index (κ3) is 4.84. The first-order valence-corrected chi connectivity index (χ1v) is 8.53. The average Bonchev–Trinajstić information content (AvgIpc) is 2.59. The van der Waals surface area contributed by atoms with E-state index in [-0.39, 0.29) is 5.41 Å². The summed E-state index contributed by atoms with van der Waals surface area (Å²) >= 11 is 0. The molecule has 124 valence electrons. The van der Waals surface area contributed by atoms with E-state index in [0.29, 0.717) is 12.5 Å². The van der Waals surface area contributed by atoms with Crippen LogP contribution < -0.4 is 10.5 Å². The highest BCUT2D eigenvalue weighted by molar-refractivity contribution is 5.30. The highest BCUT2D eigenvalue weighted by atomic mass is 16.5. The van der Waals surface area contributed by atoms with Crippen LogP contribution in [0.25, 0.3) is 0 Å². The Hall–Kier alpha value is -1.80. The molecular weight excluding hydrogens is 282 g/mol. The molecule has 0 amide bonds. The number of hydrogen-bond acceptors (Lipinski definition) is 2. The van der Waals surface area contributed by atoms with Crippen LogP contribution in [0.3, 0.4) is 0 Å². The van der Waals surface area contributed by atoms with Gasteiger partial charge < -0.3 is 10.5 Å². The van der Waals surface area contributed by atoms with Gasteiger partial charge in [0.2, 0.25) is 0 Å². The predicted octanol–water partition coefficient (Wildman–Crippen LogP) is 4.89. The summed E-state index contributed by atoms with van der Waals surface area (Å²) in [6.45, 7) is 8.02. The van der Waals surface area contributed by atoms with Gasteiger partial charge in [-0.3, -0.25) is 0 Å². The maximum Gasteiger partial charge on any atom is 0.119 e. The summed E-state index contributed by atoms with van der Waals surface area (Å²) in [6, 6.07) is 18.9. The van der Waals surface area contributed by atoms with Gasteiger partial charge in [0.05, 0.1) is 6.61 Å². The van der Waals surface area contributed by atoms with Crippen molar-refractivity contribution in [3.63, 3.8) is 0 Å². The van der Waals surface area contributed by atoms with Crippen LogP contribution in [-0.4, -0.2) is 13.2 Å². The van der Waals surface area contributed by atoms with Gasteiger partial charge in [0.15, 0.2) is 0 Å². The van der Waals surface area contributed by atoms with Crippen molar-refractivity contribution in [2.45, 2.75) is 44.9 Å². The largest absolute Gasteiger partial charge is 0.494 e. The van der Waals surface area contributed by atoms with Crippen LogP contribution in [0.15, 0.2) is 54.6 Å². The van der Waals surface area contributed by atoms with Crippen molar-refractivity contribution >= 4 is 0 Å². The predicted molar refractivity (Wildman–Crippen MR) is 98.1 cm³/mol. The van der Waals surface area contributed by atoms with E-state index in [4.69, 9.17) is 10.5 Å². The van der Waals surface area contributed by atoms with Crippen LogP contribution in [0.1, 0.15) is 50.7 Å². The standard InChI is InChI=1S/C21H29NO/c1-17(2)18-9-7-12-20(15-18)23-14-8-13-21(3,16-22)19-10-5-4-6-11-19/h4-7,9-12,15,17H,8,13-14,16,22H2,1-3H3. The maximum absolute atomic E-state index is 6.04. The summed E-state index contributed by atoms with van der Waals surface area (Å²) in [4.78, 5) is 0. The Bertz CT molecular complexity index is 594. The molecule has 2 N–H and O–H groups in total. The Balaban J connectivity index is 1.88. The molecule has 2 heteroatoms. The van der Waals surface area contributed by atoms with Crippen LogP contribution in [0.2, 0.25) is 0 Å². The van der Waals surface area contributed by atoms with Gasteiger partial charge in [-0.2, -0.15) is 0 Å². The number of ether oxygens (including phenoxy) is 1. The van der Waals surface area contributed by atoms with Gasteiger partial charge in [-0.1, -0.05) is 63.2 Å². The zero-order valence-electron chi connectivity index (χ0n) is 14.6. The van der Waals surface area contributed by atoms with Crippen LogP contribution in [-0.2, 0) is 5.41 Å². The quantitative estimate of drug-likeness (QED) is 0.705. The zero-order valence-corrected chi connectivity index (χ0v) is 14.6. The van der Waals surface area contributed by atoms with Crippen molar-refractivity contribution in [2.75, 3.05) is 13.2 Å². The first-order chi connectivity index (χ1) is 11.0. The molecule has 0 aliphatic heterocycles. The molecule has 0 saturated heterocycles. The molecule has 0 bridgehead atoms. The second-order valence-corrected chi connectivity index (χ2v) is 6.81. The summed E-state index contributed by atoms with van der Waals surface area (Å²) < 4.78 is 5.93. The molecule has 0 spiro atoms. The van der Waals surface area contributed by atoms with E-state index in [9.17, 15) is 0 Å². The Morgan fingerprint density at radius 2 is 1.78 bits per heavy atom. The minimum Gasteiger partial charge on any atom is -0.494 e. The lowest BCUT2D eigenvalue weighted by atomic mass is 9.79. The van der Waals surface area contributed by atoms with Crippen LogP contribution in [0.4, 0.5) is 0 Å². The van der Waals surface area contributed by atoms with E-state index in [1.54, 1.807) is 0 Å². The first kappa shape index (κ1) is 17.6. The van der Waals surface area contributed by atoms with Gasteiger partial charge >= 0.3 is 0 Å². The van der Waals surface area contributed by atoms with Crippen molar-refractivity contribution < 1.29 is 4.74 Å². The molecule has 1 atom stereocenters. The van der Waals surface area contributed by atoms with Gasteiger partial charge in [0, 0.05) is 12.0 Å². The summed E-state index contributed by atoms with van der Waals surface area (Å²) in [5.74, 6) is 1.49. The van der Waals surface area contributed by atoms with E-state index in [1.165, 1.54) is 11.1 Å². The summed E-state index contributed by atoms with van der Waals surface area (Å²) in [7, 11) is 0. The summed E-state index contributed by atoms with van der Waals surface area (Å²) in [5, 5.41) is 0. The second-order valence-electron chi connectivity index (χ2n) is 6.81. The molecule has 0 aliphatic rings. The maximum atomic E-state index is 6.04. The average molecular weight is 311 g/mol. The number of nitrogens with two attached hydrogens (primary N) is 1. The molecular formula is C21H29NO. The summed E-state index contributed by atoms with van der Waals surface area (Å²) in [6.07, 6.45) is 2.02. The fourth-order valence-corrected chi connectivity index (χ4v) is 2.82. The fourth-order valence-electron chi connectivity index (χ4n) is 2.82. The number of benzene rings is 2. The molecule has 0 aliphatic carbocycles. The molecule has 0 radical (unpaired) electrons. The van der Waals surface area contributed by atoms with Gasteiger partial charge in [0.1, 0.15) is 5.75 Å². The van der Waals surface area contributed by atoms with Crippen molar-refractivity contribution in [1.82, 2.24) is 0 Å². The third-order valence-corrected chi connectivity index (χ3v) is 4.59. The van der Waals surface area contributed by atoms with Crippen molar-refractivity contribution in [3.8, 4) is 5.75 Å². The molecule has 2 rings (SSSR count). The minimum atomic E-state index is 0.0183. The fraction of sp³-hybridized carbons (Fsp3) is 0.429. The Morgan fingerprint density at radius 3 is 2.43 bits per heavy atom. The van der Waals surface area contributed by atoms with Crippen molar-refractivity contribution in [3.05, 3.63) is 65.7 Å². The number of hydrogen-bond donors (Lipinski definition) is 1. The second kappa shape index (κ2) is 8.16. The van der Waals surface area contributed by atoms with Crippen LogP contribution >= 0.6 is 0 Å². The topological polar surface area (TPSA) is 35.2 Å². The van der Waals surface area contributed by atoms with Crippen LogP contribution in [0.5, 0.6) is 5.75 Å². The summed E-state index contributed by atoms with van der Waals surface area (Å²) in [5.41, 5.74) is 8.69. The van der Waals surface area contributed by atoms with E-state index in [0.717, 1.165) is 25.2 Å². The normalized spacial score (nSPS) is 13.8. The highest BCUT2D eigenvalue weighted by Crippen LogP contribution is 2.28. The Labute approximate surface area is 140 Å². The number of rotatable bonds is 8. The minimum absolute atomic E-state index is 0.0183. The molecule has 2 aromatic rings. The van der Waals surface area contributed by atoms with Gasteiger partial charge in [0.25, 0.3) is 0 Å². The van der Waals surface area contributed by atoms with Crippen molar-refractivity contribution in [2.24, 2.45) is 5.73 Å². The van der Waals surface area contributed by atoms with E-state index in [1.807, 2.05) is 12.1 Å². The van der Waals surface area contributed by atoms with Crippen molar-refractivity contribution in [1.29, 1.82) is 0 Å². The molecule has 0 saturated carbocycles. The van der Waals surface area contributed by atoms with Gasteiger partial charge in [-0.05, 0) is 42.0 Å². The van der Waals surface area contributed by atoms with E-state index < -0.39 is 0 Å². The zero-order chi connectivity index (χ0) is 16.7. The smallest absolute Gasteiger partial charge is 0.119 e. The lowest BCUT2D eigenvalue weighted by Gasteiger charge is -2.28. The SMILES string of the molecule is CC(C)c1cccc(OCCCC(C)(CN)c2ccccc2)c1. The molecule has 0 heterocycles. The molecule has 0 aromatic heterocycles. The highest BCUT2D eigenvalue weighted by Gasteiger charge is 2.24. The Kier molecular flexibility index (Phi) is 6.23. The molecule has 2 nitrogen and oxygen atoms in total. The van der Waals surface area contributed by atoms with Gasteiger partial charge in [-0.25, -0.2) is 0 Å². The molecule has 2 aromatic carbocycles. The lowest BCUT2D eigenvalue weighted by Crippen LogP contribution is -2.32. The molecule has 0 fully saturated rings. The van der Waals surface area contributed by atoms with E-state index >= 15 is 0 Å². The molecule has 23 heavy (non-hydrogen) atoms. The Morgan fingerprint density at radius 1 is 1.04 bits per heavy atom. The monoisotopic (exact) mass is 311 g/mol. The third-order valence-electron chi connectivity index (χ3n) is 4.59. The molecule has 1 unspecified atom stereocenters. The van der Waals surface area contributed by atoms with Gasteiger partial charge in [-0.15, -0.1) is 0 Å². The lowest BCUT2D eigenvalue weighted by molar-refractivity contribution is 0.285.